The van der Waals surface area contributed by atoms with Gasteiger partial charge in [0.2, 0.25) is 0 Å². The van der Waals surface area contributed by atoms with Crippen LogP contribution in [0.25, 0.3) is 0 Å². The van der Waals surface area contributed by atoms with Gasteiger partial charge in [-0.05, 0) is 30.2 Å². The van der Waals surface area contributed by atoms with E-state index in [1.165, 1.54) is 11.1 Å². The van der Waals surface area contributed by atoms with Crippen molar-refractivity contribution in [2.24, 2.45) is 5.73 Å². The summed E-state index contributed by atoms with van der Waals surface area (Å²) in [7, 11) is 0. The van der Waals surface area contributed by atoms with E-state index in [1.807, 2.05) is 12.1 Å². The third kappa shape index (κ3) is 3.29. The van der Waals surface area contributed by atoms with Crippen molar-refractivity contribution >= 4 is 5.82 Å². The molecule has 0 aliphatic carbocycles. The molecule has 0 aliphatic heterocycles. The molecule has 0 aliphatic rings. The second-order valence-corrected chi connectivity index (χ2v) is 4.09. The van der Waals surface area contributed by atoms with Crippen LogP contribution in [0.3, 0.4) is 0 Å². The first kappa shape index (κ1) is 11.6. The highest BCUT2D eigenvalue weighted by molar-refractivity contribution is 5.38. The number of aromatic nitrogens is 1. The maximum Gasteiger partial charge on any atom is 0.126 e. The lowest BCUT2D eigenvalue weighted by molar-refractivity contribution is 1.04. The van der Waals surface area contributed by atoms with Crippen molar-refractivity contribution in [3.05, 3.63) is 59.3 Å². The van der Waals surface area contributed by atoms with Gasteiger partial charge in [0, 0.05) is 19.3 Å². The Labute approximate surface area is 102 Å². The Morgan fingerprint density at radius 2 is 1.88 bits per heavy atom. The number of nitrogens with two attached hydrogens (primary N) is 1. The first-order valence-electron chi connectivity index (χ1n) is 5.72. The highest BCUT2D eigenvalue weighted by atomic mass is 15.0. The zero-order chi connectivity index (χ0) is 12.1. The van der Waals surface area contributed by atoms with Gasteiger partial charge in [-0.25, -0.2) is 4.98 Å². The molecule has 0 amide bonds. The molecule has 1 heterocycles. The van der Waals surface area contributed by atoms with Crippen LogP contribution in [0.4, 0.5) is 5.82 Å². The van der Waals surface area contributed by atoms with Crippen LogP contribution in [0.15, 0.2) is 42.6 Å². The highest BCUT2D eigenvalue weighted by Gasteiger charge is 1.96. The van der Waals surface area contributed by atoms with Crippen molar-refractivity contribution in [3.63, 3.8) is 0 Å². The number of nitrogens with one attached hydrogen (secondary N) is 1. The third-order valence-electron chi connectivity index (χ3n) is 2.65. The number of hydrogen-bond acceptors (Lipinski definition) is 3. The molecule has 1 aromatic carbocycles. The number of rotatable bonds is 4. The van der Waals surface area contributed by atoms with Gasteiger partial charge in [-0.1, -0.05) is 29.8 Å². The van der Waals surface area contributed by atoms with E-state index in [0.29, 0.717) is 6.54 Å². The molecular formula is C14H17N3. The van der Waals surface area contributed by atoms with E-state index >= 15 is 0 Å². The Morgan fingerprint density at radius 1 is 1.12 bits per heavy atom. The molecule has 0 saturated heterocycles. The standard InChI is InChI=1S/C14H17N3/c1-11-2-4-12(5-3-11)10-17-14-8-13(9-15)6-7-16-14/h2-8H,9-10,15H2,1H3,(H,16,17). The first-order valence-corrected chi connectivity index (χ1v) is 5.72. The van der Waals surface area contributed by atoms with Crippen LogP contribution >= 0.6 is 0 Å². The normalized spacial score (nSPS) is 10.2. The summed E-state index contributed by atoms with van der Waals surface area (Å²) in [4.78, 5) is 4.25. The molecule has 1 aromatic heterocycles. The van der Waals surface area contributed by atoms with Gasteiger partial charge in [-0.2, -0.15) is 0 Å². The van der Waals surface area contributed by atoms with Crippen LogP contribution < -0.4 is 11.1 Å². The maximum absolute atomic E-state index is 5.59. The largest absolute Gasteiger partial charge is 0.366 e. The van der Waals surface area contributed by atoms with E-state index in [1.54, 1.807) is 6.20 Å². The highest BCUT2D eigenvalue weighted by Crippen LogP contribution is 2.09. The third-order valence-corrected chi connectivity index (χ3v) is 2.65. The van der Waals surface area contributed by atoms with E-state index in [-0.39, 0.29) is 0 Å². The van der Waals surface area contributed by atoms with E-state index in [9.17, 15) is 0 Å². The SMILES string of the molecule is Cc1ccc(CNc2cc(CN)ccn2)cc1. The average Bonchev–Trinajstić information content (AvgIpc) is 2.38. The number of nitrogens with zero attached hydrogens (tertiary/aromatic N) is 1. The van der Waals surface area contributed by atoms with Crippen molar-refractivity contribution < 1.29 is 0 Å². The molecule has 88 valence electrons. The molecule has 2 aromatic rings. The Kier molecular flexibility index (Phi) is 3.73. The van der Waals surface area contributed by atoms with Gasteiger partial charge in [0.05, 0.1) is 0 Å². The molecule has 0 saturated carbocycles. The van der Waals surface area contributed by atoms with E-state index in [0.717, 1.165) is 17.9 Å². The predicted octanol–water partition coefficient (Wildman–Crippen LogP) is 2.46. The lowest BCUT2D eigenvalue weighted by Gasteiger charge is -2.07. The van der Waals surface area contributed by atoms with E-state index in [2.05, 4.69) is 41.5 Å². The summed E-state index contributed by atoms with van der Waals surface area (Å²) in [5.74, 6) is 0.869. The first-order chi connectivity index (χ1) is 8.28. The van der Waals surface area contributed by atoms with Crippen LogP contribution in [0.2, 0.25) is 0 Å². The molecule has 0 bridgehead atoms. The van der Waals surface area contributed by atoms with Crippen molar-refractivity contribution in [3.8, 4) is 0 Å². The molecule has 0 radical (unpaired) electrons. The fourth-order valence-corrected chi connectivity index (χ4v) is 1.60. The number of pyridine rings is 1. The van der Waals surface area contributed by atoms with E-state index < -0.39 is 0 Å². The number of benzene rings is 1. The summed E-state index contributed by atoms with van der Waals surface area (Å²) in [5, 5.41) is 3.29. The van der Waals surface area contributed by atoms with Crippen molar-refractivity contribution in [2.45, 2.75) is 20.0 Å². The van der Waals surface area contributed by atoms with Gasteiger partial charge >= 0.3 is 0 Å². The van der Waals surface area contributed by atoms with Gasteiger partial charge in [0.1, 0.15) is 5.82 Å². The van der Waals surface area contributed by atoms with E-state index in [4.69, 9.17) is 5.73 Å². The summed E-state index contributed by atoms with van der Waals surface area (Å²) in [6.07, 6.45) is 1.78. The molecule has 0 atom stereocenters. The fourth-order valence-electron chi connectivity index (χ4n) is 1.60. The quantitative estimate of drug-likeness (QED) is 0.843. The summed E-state index contributed by atoms with van der Waals surface area (Å²) >= 11 is 0. The van der Waals surface area contributed by atoms with Gasteiger partial charge in [-0.15, -0.1) is 0 Å². The van der Waals surface area contributed by atoms with Gasteiger partial charge in [0.25, 0.3) is 0 Å². The summed E-state index contributed by atoms with van der Waals surface area (Å²) in [5.41, 5.74) is 9.20. The zero-order valence-corrected chi connectivity index (χ0v) is 9.98. The molecule has 0 unspecified atom stereocenters. The summed E-state index contributed by atoms with van der Waals surface area (Å²) < 4.78 is 0. The molecule has 0 fully saturated rings. The molecule has 3 heteroatoms. The minimum absolute atomic E-state index is 0.543. The van der Waals surface area contributed by atoms with Crippen LogP contribution in [-0.4, -0.2) is 4.98 Å². The maximum atomic E-state index is 5.59. The van der Waals surface area contributed by atoms with Gasteiger partial charge < -0.3 is 11.1 Å². The molecule has 3 nitrogen and oxygen atoms in total. The second-order valence-electron chi connectivity index (χ2n) is 4.09. The van der Waals surface area contributed by atoms with Crippen LogP contribution in [0.1, 0.15) is 16.7 Å². The Morgan fingerprint density at radius 3 is 2.59 bits per heavy atom. The summed E-state index contributed by atoms with van der Waals surface area (Å²) in [6, 6.07) is 12.4. The lowest BCUT2D eigenvalue weighted by Crippen LogP contribution is -2.03. The summed E-state index contributed by atoms with van der Waals surface area (Å²) in [6.45, 7) is 3.41. The van der Waals surface area contributed by atoms with Crippen molar-refractivity contribution in [1.29, 1.82) is 0 Å². The molecule has 3 N–H and O–H groups in total. The molecular weight excluding hydrogens is 210 g/mol. The average molecular weight is 227 g/mol. The topological polar surface area (TPSA) is 50.9 Å². The van der Waals surface area contributed by atoms with Crippen molar-refractivity contribution in [1.82, 2.24) is 4.98 Å². The number of anilines is 1. The van der Waals surface area contributed by atoms with Crippen molar-refractivity contribution in [2.75, 3.05) is 5.32 Å². The Bertz CT molecular complexity index is 477. The molecule has 17 heavy (non-hydrogen) atoms. The molecule has 0 spiro atoms. The minimum Gasteiger partial charge on any atom is -0.366 e. The zero-order valence-electron chi connectivity index (χ0n) is 9.98. The Balaban J connectivity index is 1.99. The Hall–Kier alpha value is -1.87. The van der Waals surface area contributed by atoms with Gasteiger partial charge in [0.15, 0.2) is 0 Å². The second kappa shape index (κ2) is 5.46. The van der Waals surface area contributed by atoms with Crippen LogP contribution in [0, 0.1) is 6.92 Å². The lowest BCUT2D eigenvalue weighted by atomic mass is 10.1. The minimum atomic E-state index is 0.543. The smallest absolute Gasteiger partial charge is 0.126 e. The van der Waals surface area contributed by atoms with Crippen LogP contribution in [-0.2, 0) is 13.1 Å². The molecule has 2 rings (SSSR count). The fraction of sp³-hybridized carbons (Fsp3) is 0.214. The number of aryl methyl sites for hydroxylation is 1. The monoisotopic (exact) mass is 227 g/mol. The predicted molar refractivity (Wildman–Crippen MR) is 70.6 cm³/mol. The van der Waals surface area contributed by atoms with Gasteiger partial charge in [-0.3, -0.25) is 0 Å². The van der Waals surface area contributed by atoms with Crippen LogP contribution in [0.5, 0.6) is 0 Å². The number of hydrogen-bond donors (Lipinski definition) is 2.